The van der Waals surface area contributed by atoms with Gasteiger partial charge in [0, 0.05) is 10.8 Å². The van der Waals surface area contributed by atoms with Crippen LogP contribution in [0.5, 0.6) is 11.5 Å². The number of hydrogen-bond donors (Lipinski definition) is 1. The molecule has 3 nitrogen and oxygen atoms in total. The molecular weight excluding hydrogens is 276 g/mol. The number of hydrogen-bond acceptors (Lipinski definition) is 3. The highest BCUT2D eigenvalue weighted by molar-refractivity contribution is 5.93. The molecule has 1 atom stereocenters. The summed E-state index contributed by atoms with van der Waals surface area (Å²) in [6.45, 7) is 5.11. The maximum atomic E-state index is 10.00. The largest absolute Gasteiger partial charge is 0.493 e. The molecular formula is C19H26O3. The van der Waals surface area contributed by atoms with Gasteiger partial charge >= 0.3 is 0 Å². The summed E-state index contributed by atoms with van der Waals surface area (Å²) in [5.41, 5.74) is 0. The van der Waals surface area contributed by atoms with Gasteiger partial charge in [0.1, 0.15) is 18.1 Å². The van der Waals surface area contributed by atoms with Crippen molar-refractivity contribution < 1.29 is 14.6 Å². The molecule has 120 valence electrons. The molecule has 0 radical (unpaired) electrons. The fourth-order valence-electron chi connectivity index (χ4n) is 2.55. The second-order valence-electron chi connectivity index (χ2n) is 5.50. The minimum absolute atomic E-state index is 0.335. The number of fused-ring (bicyclic) bond motifs is 1. The van der Waals surface area contributed by atoms with Crippen molar-refractivity contribution in [3.05, 3.63) is 36.4 Å². The zero-order chi connectivity index (χ0) is 15.8. The first-order valence-corrected chi connectivity index (χ1v) is 8.21. The van der Waals surface area contributed by atoms with E-state index >= 15 is 0 Å². The Balaban J connectivity index is 2.07. The lowest BCUT2D eigenvalue weighted by atomic mass is 10.1. The Morgan fingerprint density at radius 1 is 0.909 bits per heavy atom. The third-order valence-corrected chi connectivity index (χ3v) is 3.72. The molecule has 1 unspecified atom stereocenters. The molecule has 0 aliphatic heterocycles. The van der Waals surface area contributed by atoms with Gasteiger partial charge in [0.25, 0.3) is 0 Å². The van der Waals surface area contributed by atoms with Gasteiger partial charge in [-0.15, -0.1) is 0 Å². The van der Waals surface area contributed by atoms with E-state index < -0.39 is 6.10 Å². The molecule has 0 fully saturated rings. The summed E-state index contributed by atoms with van der Waals surface area (Å²) in [5, 5.41) is 12.1. The fourth-order valence-corrected chi connectivity index (χ4v) is 2.55. The molecule has 2 aromatic carbocycles. The van der Waals surface area contributed by atoms with Crippen LogP contribution in [0.15, 0.2) is 36.4 Å². The van der Waals surface area contributed by atoms with E-state index in [0.29, 0.717) is 13.2 Å². The van der Waals surface area contributed by atoms with Crippen molar-refractivity contribution >= 4 is 10.8 Å². The predicted molar refractivity (Wildman–Crippen MR) is 90.8 cm³/mol. The van der Waals surface area contributed by atoms with E-state index in [0.717, 1.165) is 48.0 Å². The van der Waals surface area contributed by atoms with Gasteiger partial charge in [-0.3, -0.25) is 0 Å². The quantitative estimate of drug-likeness (QED) is 0.690. The number of aliphatic hydroxyl groups is 1. The highest BCUT2D eigenvalue weighted by atomic mass is 16.5. The van der Waals surface area contributed by atoms with E-state index in [2.05, 4.69) is 6.92 Å². The predicted octanol–water partition coefficient (Wildman–Crippen LogP) is 4.56. The molecule has 0 aliphatic rings. The third kappa shape index (κ3) is 4.38. The highest BCUT2D eigenvalue weighted by Gasteiger charge is 2.10. The second kappa shape index (κ2) is 8.64. The van der Waals surface area contributed by atoms with E-state index in [1.165, 1.54) is 0 Å². The van der Waals surface area contributed by atoms with Crippen molar-refractivity contribution in [2.75, 3.05) is 13.2 Å². The number of benzene rings is 2. The molecule has 3 heteroatoms. The van der Waals surface area contributed by atoms with Gasteiger partial charge in [-0.05, 0) is 25.5 Å². The lowest BCUT2D eigenvalue weighted by Crippen LogP contribution is -2.17. The third-order valence-electron chi connectivity index (χ3n) is 3.72. The van der Waals surface area contributed by atoms with Gasteiger partial charge in [-0.2, -0.15) is 0 Å². The monoisotopic (exact) mass is 302 g/mol. The summed E-state index contributed by atoms with van der Waals surface area (Å²) in [4.78, 5) is 0. The maximum absolute atomic E-state index is 10.00. The van der Waals surface area contributed by atoms with Gasteiger partial charge in [0.2, 0.25) is 0 Å². The van der Waals surface area contributed by atoms with Gasteiger partial charge in [-0.25, -0.2) is 0 Å². The minimum atomic E-state index is -0.406. The average molecular weight is 302 g/mol. The van der Waals surface area contributed by atoms with E-state index in [-0.39, 0.29) is 0 Å². The van der Waals surface area contributed by atoms with Gasteiger partial charge in [-0.1, -0.05) is 50.5 Å². The molecule has 0 saturated carbocycles. The summed E-state index contributed by atoms with van der Waals surface area (Å²) in [6, 6.07) is 11.9. The average Bonchev–Trinajstić information content (AvgIpc) is 2.54. The van der Waals surface area contributed by atoms with E-state index in [4.69, 9.17) is 9.47 Å². The Bertz CT molecular complexity index is 580. The van der Waals surface area contributed by atoms with Crippen LogP contribution < -0.4 is 9.47 Å². The molecule has 0 heterocycles. The van der Waals surface area contributed by atoms with Gasteiger partial charge in [0.15, 0.2) is 0 Å². The lowest BCUT2D eigenvalue weighted by molar-refractivity contribution is 0.0984. The first-order chi connectivity index (χ1) is 10.8. The van der Waals surface area contributed by atoms with E-state index in [1.807, 2.05) is 43.3 Å². The van der Waals surface area contributed by atoms with Crippen LogP contribution in [0, 0.1) is 0 Å². The van der Waals surface area contributed by atoms with Crippen LogP contribution in [0.25, 0.3) is 10.8 Å². The Morgan fingerprint density at radius 2 is 1.55 bits per heavy atom. The summed E-state index contributed by atoms with van der Waals surface area (Å²) in [7, 11) is 0. The van der Waals surface area contributed by atoms with Crippen molar-refractivity contribution in [3.8, 4) is 11.5 Å². The van der Waals surface area contributed by atoms with Crippen LogP contribution in [0.1, 0.15) is 39.5 Å². The first kappa shape index (κ1) is 16.6. The van der Waals surface area contributed by atoms with Crippen LogP contribution in [-0.2, 0) is 0 Å². The van der Waals surface area contributed by atoms with Crippen molar-refractivity contribution in [3.63, 3.8) is 0 Å². The summed E-state index contributed by atoms with van der Waals surface area (Å²) < 4.78 is 11.5. The summed E-state index contributed by atoms with van der Waals surface area (Å²) in [6.07, 6.45) is 3.76. The SMILES string of the molecule is CCCCCC(O)COc1ccc(OCC)c2ccccc12. The summed E-state index contributed by atoms with van der Waals surface area (Å²) >= 11 is 0. The standard InChI is InChI=1S/C19H26O3/c1-3-5-6-9-15(20)14-22-19-13-12-18(21-4-2)16-10-7-8-11-17(16)19/h7-8,10-13,15,20H,3-6,9,14H2,1-2H3. The maximum Gasteiger partial charge on any atom is 0.127 e. The van der Waals surface area contributed by atoms with Crippen molar-refractivity contribution in [1.29, 1.82) is 0 Å². The lowest BCUT2D eigenvalue weighted by Gasteiger charge is -2.15. The summed E-state index contributed by atoms with van der Waals surface area (Å²) in [5.74, 6) is 1.67. The molecule has 1 N–H and O–H groups in total. The van der Waals surface area contributed by atoms with Crippen LogP contribution in [0.3, 0.4) is 0 Å². The topological polar surface area (TPSA) is 38.7 Å². The van der Waals surface area contributed by atoms with Crippen LogP contribution in [0.4, 0.5) is 0 Å². The van der Waals surface area contributed by atoms with Crippen molar-refractivity contribution in [1.82, 2.24) is 0 Å². The Morgan fingerprint density at radius 3 is 2.14 bits per heavy atom. The van der Waals surface area contributed by atoms with E-state index in [9.17, 15) is 5.11 Å². The van der Waals surface area contributed by atoms with Crippen molar-refractivity contribution in [2.24, 2.45) is 0 Å². The zero-order valence-electron chi connectivity index (χ0n) is 13.5. The van der Waals surface area contributed by atoms with Crippen molar-refractivity contribution in [2.45, 2.75) is 45.6 Å². The molecule has 0 saturated heterocycles. The highest BCUT2D eigenvalue weighted by Crippen LogP contribution is 2.33. The number of rotatable bonds is 9. The minimum Gasteiger partial charge on any atom is -0.493 e. The molecule has 0 bridgehead atoms. The van der Waals surface area contributed by atoms with Crippen LogP contribution >= 0.6 is 0 Å². The van der Waals surface area contributed by atoms with Crippen LogP contribution in [-0.4, -0.2) is 24.4 Å². The smallest absolute Gasteiger partial charge is 0.127 e. The molecule has 0 aliphatic carbocycles. The Hall–Kier alpha value is -1.74. The zero-order valence-corrected chi connectivity index (χ0v) is 13.5. The molecule has 2 rings (SSSR count). The van der Waals surface area contributed by atoms with Crippen LogP contribution in [0.2, 0.25) is 0 Å². The molecule has 0 aromatic heterocycles. The molecule has 2 aromatic rings. The Labute approximate surface area is 132 Å². The molecule has 0 spiro atoms. The first-order valence-electron chi connectivity index (χ1n) is 8.21. The van der Waals surface area contributed by atoms with Gasteiger partial charge in [0.05, 0.1) is 12.7 Å². The number of unbranched alkanes of at least 4 members (excludes halogenated alkanes) is 2. The fraction of sp³-hybridized carbons (Fsp3) is 0.474. The molecule has 0 amide bonds. The number of aliphatic hydroxyl groups excluding tert-OH is 1. The molecule has 22 heavy (non-hydrogen) atoms. The van der Waals surface area contributed by atoms with Gasteiger partial charge < -0.3 is 14.6 Å². The normalized spacial score (nSPS) is 12.3. The second-order valence-corrected chi connectivity index (χ2v) is 5.50. The number of ether oxygens (including phenoxy) is 2. The van der Waals surface area contributed by atoms with E-state index in [1.54, 1.807) is 0 Å². The Kier molecular flexibility index (Phi) is 6.53.